The van der Waals surface area contributed by atoms with E-state index in [1.165, 1.54) is 12.1 Å². The normalized spacial score (nSPS) is 14.7. The van der Waals surface area contributed by atoms with Gasteiger partial charge in [0.1, 0.15) is 5.75 Å². The molecule has 0 aliphatic carbocycles. The number of benzene rings is 1. The lowest BCUT2D eigenvalue weighted by Gasteiger charge is -2.14. The van der Waals surface area contributed by atoms with Crippen molar-refractivity contribution in [3.63, 3.8) is 0 Å². The summed E-state index contributed by atoms with van der Waals surface area (Å²) in [6.07, 6.45) is -1.42. The fourth-order valence-electron chi connectivity index (χ4n) is 1.17. The lowest BCUT2D eigenvalue weighted by atomic mass is 9.95. The molecule has 2 atom stereocenters. The van der Waals surface area contributed by atoms with Gasteiger partial charge in [-0.15, -0.1) is 0 Å². The zero-order chi connectivity index (χ0) is 10.7. The van der Waals surface area contributed by atoms with Gasteiger partial charge in [0.05, 0.1) is 0 Å². The molecule has 76 valence electrons. The van der Waals surface area contributed by atoms with Crippen LogP contribution < -0.4 is 0 Å². The van der Waals surface area contributed by atoms with Crippen molar-refractivity contribution in [2.45, 2.75) is 18.9 Å². The Labute approximate surface area is 81.4 Å². The Hall–Kier alpha value is -1.55. The fraction of sp³-hybridized carbons (Fsp3) is 0.300. The molecule has 0 bridgehead atoms. The Morgan fingerprint density at radius 2 is 1.79 bits per heavy atom. The first-order valence-corrected chi connectivity index (χ1v) is 4.22. The third-order valence-corrected chi connectivity index (χ3v) is 2.15. The average Bonchev–Trinajstić information content (AvgIpc) is 2.16. The quantitative estimate of drug-likeness (QED) is 0.672. The smallest absolute Gasteiger partial charge is 0.333 e. The number of hydrogen-bond acceptors (Lipinski definition) is 3. The highest BCUT2D eigenvalue weighted by molar-refractivity contribution is 5.73. The predicted molar refractivity (Wildman–Crippen MR) is 50.2 cm³/mol. The van der Waals surface area contributed by atoms with Crippen LogP contribution in [0.2, 0.25) is 0 Å². The maximum atomic E-state index is 10.5. The van der Waals surface area contributed by atoms with Crippen LogP contribution in [0.5, 0.6) is 5.75 Å². The minimum atomic E-state index is -1.42. The third kappa shape index (κ3) is 2.23. The number of aliphatic carboxylic acids is 1. The summed E-state index contributed by atoms with van der Waals surface area (Å²) in [7, 11) is 0. The molecule has 14 heavy (non-hydrogen) atoms. The summed E-state index contributed by atoms with van der Waals surface area (Å²) >= 11 is 0. The number of aliphatic hydroxyl groups excluding tert-OH is 1. The van der Waals surface area contributed by atoms with E-state index in [2.05, 4.69) is 0 Å². The van der Waals surface area contributed by atoms with Gasteiger partial charge in [-0.3, -0.25) is 0 Å². The number of aliphatic hydroxyl groups is 1. The van der Waals surface area contributed by atoms with Gasteiger partial charge in [0.15, 0.2) is 6.10 Å². The highest BCUT2D eigenvalue weighted by atomic mass is 16.4. The van der Waals surface area contributed by atoms with Crippen molar-refractivity contribution in [3.05, 3.63) is 29.8 Å². The molecule has 2 unspecified atom stereocenters. The van der Waals surface area contributed by atoms with Gasteiger partial charge in [0, 0.05) is 5.92 Å². The third-order valence-electron chi connectivity index (χ3n) is 2.15. The van der Waals surface area contributed by atoms with Crippen LogP contribution >= 0.6 is 0 Å². The van der Waals surface area contributed by atoms with Crippen molar-refractivity contribution < 1.29 is 20.1 Å². The molecule has 0 saturated heterocycles. The van der Waals surface area contributed by atoms with Crippen molar-refractivity contribution in [2.75, 3.05) is 0 Å². The molecule has 4 nitrogen and oxygen atoms in total. The van der Waals surface area contributed by atoms with Crippen molar-refractivity contribution in [1.82, 2.24) is 0 Å². The minimum Gasteiger partial charge on any atom is -0.508 e. The lowest BCUT2D eigenvalue weighted by Crippen LogP contribution is -2.25. The van der Waals surface area contributed by atoms with Gasteiger partial charge in [-0.05, 0) is 17.7 Å². The van der Waals surface area contributed by atoms with Crippen LogP contribution in [-0.4, -0.2) is 27.4 Å². The molecular weight excluding hydrogens is 184 g/mol. The molecule has 0 spiro atoms. The second-order valence-electron chi connectivity index (χ2n) is 3.16. The fourth-order valence-corrected chi connectivity index (χ4v) is 1.17. The molecule has 0 fully saturated rings. The molecule has 0 aromatic heterocycles. The highest BCUT2D eigenvalue weighted by Gasteiger charge is 2.22. The van der Waals surface area contributed by atoms with Gasteiger partial charge in [-0.1, -0.05) is 19.1 Å². The predicted octanol–water partition coefficient (Wildman–Crippen LogP) is 0.941. The number of aromatic hydroxyl groups is 1. The molecule has 0 heterocycles. The zero-order valence-electron chi connectivity index (χ0n) is 7.71. The number of phenols is 1. The van der Waals surface area contributed by atoms with Crippen LogP contribution in [-0.2, 0) is 4.79 Å². The van der Waals surface area contributed by atoms with Gasteiger partial charge in [-0.2, -0.15) is 0 Å². The SMILES string of the molecule is CC(c1ccc(O)cc1)C(O)C(=O)O. The topological polar surface area (TPSA) is 77.8 Å². The Morgan fingerprint density at radius 3 is 2.21 bits per heavy atom. The first-order chi connectivity index (χ1) is 6.52. The van der Waals surface area contributed by atoms with Crippen LogP contribution in [0.4, 0.5) is 0 Å². The number of carboxylic acids is 1. The highest BCUT2D eigenvalue weighted by Crippen LogP contribution is 2.21. The standard InChI is InChI=1S/C10H12O4/c1-6(9(12)10(13)14)7-2-4-8(11)5-3-7/h2-6,9,11-12H,1H3,(H,13,14). The van der Waals surface area contributed by atoms with Crippen molar-refractivity contribution >= 4 is 5.97 Å². The lowest BCUT2D eigenvalue weighted by molar-refractivity contribution is -0.147. The van der Waals surface area contributed by atoms with E-state index in [1.807, 2.05) is 0 Å². The van der Waals surface area contributed by atoms with E-state index in [0.717, 1.165) is 0 Å². The molecule has 3 N–H and O–H groups in total. The van der Waals surface area contributed by atoms with E-state index in [-0.39, 0.29) is 5.75 Å². The monoisotopic (exact) mass is 196 g/mol. The Kier molecular flexibility index (Phi) is 3.09. The van der Waals surface area contributed by atoms with Crippen molar-refractivity contribution in [3.8, 4) is 5.75 Å². The number of rotatable bonds is 3. The molecule has 1 aromatic carbocycles. The van der Waals surface area contributed by atoms with E-state index in [9.17, 15) is 9.90 Å². The van der Waals surface area contributed by atoms with Crippen LogP contribution in [0, 0.1) is 0 Å². The van der Waals surface area contributed by atoms with Crippen LogP contribution in [0.15, 0.2) is 24.3 Å². The van der Waals surface area contributed by atoms with E-state index in [4.69, 9.17) is 10.2 Å². The Morgan fingerprint density at radius 1 is 1.29 bits per heavy atom. The number of hydrogen-bond donors (Lipinski definition) is 3. The molecule has 1 rings (SSSR count). The maximum absolute atomic E-state index is 10.5. The molecule has 0 aliphatic heterocycles. The van der Waals surface area contributed by atoms with Gasteiger partial charge in [0.25, 0.3) is 0 Å². The number of carboxylic acid groups (broad SMARTS) is 1. The number of carbonyl (C=O) groups is 1. The summed E-state index contributed by atoms with van der Waals surface area (Å²) in [5.74, 6) is -1.62. The van der Waals surface area contributed by atoms with Crippen LogP contribution in [0.25, 0.3) is 0 Å². The van der Waals surface area contributed by atoms with Gasteiger partial charge in [0.2, 0.25) is 0 Å². The number of phenolic OH excluding ortho intramolecular Hbond substituents is 1. The molecular formula is C10H12O4. The van der Waals surface area contributed by atoms with Crippen molar-refractivity contribution in [1.29, 1.82) is 0 Å². The molecule has 0 radical (unpaired) electrons. The van der Waals surface area contributed by atoms with Gasteiger partial charge in [-0.25, -0.2) is 4.79 Å². The molecule has 1 aromatic rings. The molecule has 0 amide bonds. The second-order valence-corrected chi connectivity index (χ2v) is 3.16. The van der Waals surface area contributed by atoms with Crippen LogP contribution in [0.3, 0.4) is 0 Å². The largest absolute Gasteiger partial charge is 0.508 e. The Bertz CT molecular complexity index is 317. The van der Waals surface area contributed by atoms with E-state index >= 15 is 0 Å². The summed E-state index contributed by atoms with van der Waals surface area (Å²) in [4.78, 5) is 10.5. The molecule has 0 saturated carbocycles. The summed E-state index contributed by atoms with van der Waals surface area (Å²) < 4.78 is 0. The molecule has 4 heteroatoms. The first kappa shape index (κ1) is 10.5. The first-order valence-electron chi connectivity index (χ1n) is 4.22. The summed E-state index contributed by atoms with van der Waals surface area (Å²) in [5.41, 5.74) is 0.678. The summed E-state index contributed by atoms with van der Waals surface area (Å²) in [5, 5.41) is 26.8. The van der Waals surface area contributed by atoms with Gasteiger partial charge < -0.3 is 15.3 Å². The van der Waals surface area contributed by atoms with Crippen molar-refractivity contribution in [2.24, 2.45) is 0 Å². The zero-order valence-corrected chi connectivity index (χ0v) is 7.71. The van der Waals surface area contributed by atoms with E-state index in [1.54, 1.807) is 19.1 Å². The van der Waals surface area contributed by atoms with E-state index < -0.39 is 18.0 Å². The minimum absolute atomic E-state index is 0.116. The summed E-state index contributed by atoms with van der Waals surface area (Å²) in [6, 6.07) is 6.10. The van der Waals surface area contributed by atoms with Crippen LogP contribution in [0.1, 0.15) is 18.4 Å². The van der Waals surface area contributed by atoms with E-state index in [0.29, 0.717) is 5.56 Å². The molecule has 0 aliphatic rings. The maximum Gasteiger partial charge on any atom is 0.333 e. The second kappa shape index (κ2) is 4.11. The Balaban J connectivity index is 2.84. The summed E-state index contributed by atoms with van der Waals surface area (Å²) in [6.45, 7) is 1.62. The van der Waals surface area contributed by atoms with Gasteiger partial charge >= 0.3 is 5.97 Å². The average molecular weight is 196 g/mol.